The maximum absolute atomic E-state index is 6.07. The number of rotatable bonds is 3. The lowest BCUT2D eigenvalue weighted by atomic mass is 10.2. The zero-order valence-corrected chi connectivity index (χ0v) is 14.0. The van der Waals surface area contributed by atoms with E-state index in [1.165, 1.54) is 11.3 Å². The molecule has 0 N–H and O–H groups in total. The van der Waals surface area contributed by atoms with E-state index in [0.29, 0.717) is 0 Å². The summed E-state index contributed by atoms with van der Waals surface area (Å²) >= 11 is 9.54. The molecule has 3 nitrogen and oxygen atoms in total. The monoisotopic (exact) mass is 365 g/mol. The first-order valence-corrected chi connectivity index (χ1v) is 8.20. The summed E-state index contributed by atoms with van der Waals surface area (Å²) in [6.45, 7) is 5.12. The molecule has 0 bridgehead atoms. The lowest BCUT2D eigenvalue weighted by Gasteiger charge is -2.36. The highest BCUT2D eigenvalue weighted by molar-refractivity contribution is 9.10. The average Bonchev–Trinajstić information content (AvgIpc) is 2.48. The van der Waals surface area contributed by atoms with Crippen molar-refractivity contribution in [1.29, 1.82) is 0 Å². The van der Waals surface area contributed by atoms with Crippen LogP contribution in [-0.4, -0.2) is 36.1 Å². The molecule has 1 aromatic carbocycles. The fourth-order valence-electron chi connectivity index (χ4n) is 2.64. The first-order valence-electron chi connectivity index (χ1n) is 7.03. The maximum atomic E-state index is 6.07. The quantitative estimate of drug-likeness (QED) is 0.823. The van der Waals surface area contributed by atoms with E-state index in [9.17, 15) is 0 Å². The first-order chi connectivity index (χ1) is 10.2. The van der Waals surface area contributed by atoms with E-state index in [4.69, 9.17) is 11.6 Å². The van der Waals surface area contributed by atoms with E-state index >= 15 is 0 Å². The SMILES string of the molecule is Clc1cccc(N2CCN(Cc3cncc(Br)c3)CC2)c1. The number of benzene rings is 1. The summed E-state index contributed by atoms with van der Waals surface area (Å²) < 4.78 is 1.04. The number of anilines is 1. The summed E-state index contributed by atoms with van der Waals surface area (Å²) in [5.41, 5.74) is 2.46. The van der Waals surface area contributed by atoms with Gasteiger partial charge in [-0.3, -0.25) is 9.88 Å². The second-order valence-electron chi connectivity index (χ2n) is 5.25. The fraction of sp³-hybridized carbons (Fsp3) is 0.312. The van der Waals surface area contributed by atoms with E-state index in [1.807, 2.05) is 30.6 Å². The second kappa shape index (κ2) is 6.77. The molecule has 2 aromatic rings. The number of nitrogens with zero attached hydrogens (tertiary/aromatic N) is 3. The zero-order valence-electron chi connectivity index (χ0n) is 11.7. The molecule has 0 aliphatic carbocycles. The number of pyridine rings is 1. The molecule has 110 valence electrons. The number of hydrogen-bond donors (Lipinski definition) is 0. The summed E-state index contributed by atoms with van der Waals surface area (Å²) in [4.78, 5) is 9.08. The molecule has 2 heterocycles. The van der Waals surface area contributed by atoms with Crippen LogP contribution in [0.2, 0.25) is 5.02 Å². The Labute approximate surface area is 138 Å². The van der Waals surface area contributed by atoms with Crippen molar-refractivity contribution < 1.29 is 0 Å². The Hall–Kier alpha value is -1.10. The van der Waals surface area contributed by atoms with Crippen LogP contribution in [0.1, 0.15) is 5.56 Å². The Morgan fingerprint density at radius 1 is 1.10 bits per heavy atom. The van der Waals surface area contributed by atoms with Crippen molar-refractivity contribution in [3.8, 4) is 0 Å². The van der Waals surface area contributed by atoms with Crippen LogP contribution in [0.15, 0.2) is 47.2 Å². The third-order valence-electron chi connectivity index (χ3n) is 3.71. The number of halogens is 2. The fourth-order valence-corrected chi connectivity index (χ4v) is 3.23. The number of piperazine rings is 1. The van der Waals surface area contributed by atoms with Gasteiger partial charge in [-0.1, -0.05) is 17.7 Å². The van der Waals surface area contributed by atoms with Gasteiger partial charge in [0.25, 0.3) is 0 Å². The summed E-state index contributed by atoms with van der Waals surface area (Å²) in [7, 11) is 0. The molecule has 1 aliphatic heterocycles. The summed E-state index contributed by atoms with van der Waals surface area (Å²) in [6, 6.07) is 10.2. The molecule has 1 aliphatic rings. The van der Waals surface area contributed by atoms with Crippen LogP contribution < -0.4 is 4.90 Å². The Kier molecular flexibility index (Phi) is 4.78. The van der Waals surface area contributed by atoms with Crippen molar-refractivity contribution in [2.45, 2.75) is 6.54 Å². The standard InChI is InChI=1S/C16H17BrClN3/c17-14-8-13(10-19-11-14)12-20-4-6-21(7-5-20)16-3-1-2-15(18)9-16/h1-3,8-11H,4-7,12H2. The van der Waals surface area contributed by atoms with Gasteiger partial charge in [0.05, 0.1) is 0 Å². The van der Waals surface area contributed by atoms with Gasteiger partial charge in [-0.25, -0.2) is 0 Å². The highest BCUT2D eigenvalue weighted by Crippen LogP contribution is 2.21. The van der Waals surface area contributed by atoms with E-state index in [2.05, 4.69) is 42.8 Å². The van der Waals surface area contributed by atoms with E-state index < -0.39 is 0 Å². The number of hydrogen-bond acceptors (Lipinski definition) is 3. The van der Waals surface area contributed by atoms with Crippen LogP contribution in [0.3, 0.4) is 0 Å². The van der Waals surface area contributed by atoms with Crippen LogP contribution in [0, 0.1) is 0 Å². The van der Waals surface area contributed by atoms with Gasteiger partial charge >= 0.3 is 0 Å². The van der Waals surface area contributed by atoms with Gasteiger partial charge in [0.2, 0.25) is 0 Å². The third-order valence-corrected chi connectivity index (χ3v) is 4.38. The Morgan fingerprint density at radius 2 is 1.90 bits per heavy atom. The van der Waals surface area contributed by atoms with Crippen molar-refractivity contribution in [3.63, 3.8) is 0 Å². The molecule has 1 saturated heterocycles. The van der Waals surface area contributed by atoms with Crippen molar-refractivity contribution in [3.05, 3.63) is 57.8 Å². The van der Waals surface area contributed by atoms with Crippen molar-refractivity contribution in [2.75, 3.05) is 31.1 Å². The van der Waals surface area contributed by atoms with E-state index in [-0.39, 0.29) is 0 Å². The Balaban J connectivity index is 1.58. The average molecular weight is 367 g/mol. The van der Waals surface area contributed by atoms with Gasteiger partial charge in [-0.2, -0.15) is 0 Å². The lowest BCUT2D eigenvalue weighted by Crippen LogP contribution is -2.45. The van der Waals surface area contributed by atoms with Crippen molar-refractivity contribution >= 4 is 33.2 Å². The van der Waals surface area contributed by atoms with Gasteiger partial charge in [-0.05, 0) is 45.8 Å². The van der Waals surface area contributed by atoms with Crippen LogP contribution in [0.5, 0.6) is 0 Å². The molecule has 21 heavy (non-hydrogen) atoms. The molecular formula is C16H17BrClN3. The maximum Gasteiger partial charge on any atom is 0.0426 e. The van der Waals surface area contributed by atoms with Gasteiger partial charge in [-0.15, -0.1) is 0 Å². The molecule has 0 spiro atoms. The first kappa shape index (κ1) is 14.8. The van der Waals surface area contributed by atoms with E-state index in [0.717, 1.165) is 42.2 Å². The van der Waals surface area contributed by atoms with Gasteiger partial charge in [0.15, 0.2) is 0 Å². The molecule has 0 amide bonds. The molecule has 3 rings (SSSR count). The van der Waals surface area contributed by atoms with Crippen LogP contribution in [0.25, 0.3) is 0 Å². The molecular weight excluding hydrogens is 350 g/mol. The predicted octanol–water partition coefficient (Wildman–Crippen LogP) is 3.82. The van der Waals surface area contributed by atoms with Gasteiger partial charge in [0, 0.05) is 60.3 Å². The molecule has 0 unspecified atom stereocenters. The highest BCUT2D eigenvalue weighted by atomic mass is 79.9. The topological polar surface area (TPSA) is 19.4 Å². The van der Waals surface area contributed by atoms with Gasteiger partial charge in [0.1, 0.15) is 0 Å². The second-order valence-corrected chi connectivity index (χ2v) is 6.61. The summed E-state index contributed by atoms with van der Waals surface area (Å²) in [6.07, 6.45) is 3.76. The van der Waals surface area contributed by atoms with Crippen LogP contribution in [-0.2, 0) is 6.54 Å². The Morgan fingerprint density at radius 3 is 2.62 bits per heavy atom. The molecule has 0 atom stereocenters. The van der Waals surface area contributed by atoms with Crippen LogP contribution in [0.4, 0.5) is 5.69 Å². The molecule has 0 saturated carbocycles. The minimum absolute atomic E-state index is 0.801. The van der Waals surface area contributed by atoms with Crippen molar-refractivity contribution in [1.82, 2.24) is 9.88 Å². The van der Waals surface area contributed by atoms with Gasteiger partial charge < -0.3 is 4.90 Å². The summed E-state index contributed by atoms with van der Waals surface area (Å²) in [5, 5.41) is 0.801. The molecule has 5 heteroatoms. The summed E-state index contributed by atoms with van der Waals surface area (Å²) in [5.74, 6) is 0. The minimum atomic E-state index is 0.801. The normalized spacial score (nSPS) is 16.2. The molecule has 1 aromatic heterocycles. The van der Waals surface area contributed by atoms with E-state index in [1.54, 1.807) is 0 Å². The number of aromatic nitrogens is 1. The lowest BCUT2D eigenvalue weighted by molar-refractivity contribution is 0.249. The highest BCUT2D eigenvalue weighted by Gasteiger charge is 2.17. The predicted molar refractivity (Wildman–Crippen MR) is 90.9 cm³/mol. The van der Waals surface area contributed by atoms with Crippen LogP contribution >= 0.6 is 27.5 Å². The largest absolute Gasteiger partial charge is 0.369 e. The molecule has 1 fully saturated rings. The Bertz CT molecular complexity index is 612. The third kappa shape index (κ3) is 3.96. The van der Waals surface area contributed by atoms with Crippen molar-refractivity contribution in [2.24, 2.45) is 0 Å². The zero-order chi connectivity index (χ0) is 14.7. The minimum Gasteiger partial charge on any atom is -0.369 e. The molecule has 0 radical (unpaired) electrons. The smallest absolute Gasteiger partial charge is 0.0426 e.